The van der Waals surface area contributed by atoms with Crippen molar-refractivity contribution in [2.45, 2.75) is 6.42 Å². The van der Waals surface area contributed by atoms with Crippen molar-refractivity contribution < 1.29 is 9.53 Å². The fourth-order valence-corrected chi connectivity index (χ4v) is 3.23. The maximum absolute atomic E-state index is 12.5. The van der Waals surface area contributed by atoms with Gasteiger partial charge in [0.1, 0.15) is 5.75 Å². The zero-order valence-corrected chi connectivity index (χ0v) is 13.4. The fraction of sp³-hybridized carbons (Fsp3) is 0.0952. The standard InChI is InChI=1S/C21H17NO2/c1-24-20-9-5-4-8-18(20)21(23)22-16-11-10-15-12-14-6-2-3-7-17(14)19(15)13-16/h2-11,13H,12H2,1H3,(H,22,23). The Labute approximate surface area is 140 Å². The number of rotatable bonds is 3. The topological polar surface area (TPSA) is 38.3 Å². The molecule has 3 heteroatoms. The summed E-state index contributed by atoms with van der Waals surface area (Å²) in [5.74, 6) is 0.403. The van der Waals surface area contributed by atoms with Crippen LogP contribution in [0.15, 0.2) is 66.7 Å². The highest BCUT2D eigenvalue weighted by Crippen LogP contribution is 2.37. The highest BCUT2D eigenvalue weighted by molar-refractivity contribution is 6.06. The van der Waals surface area contributed by atoms with Crippen molar-refractivity contribution in [2.24, 2.45) is 0 Å². The number of amides is 1. The first kappa shape index (κ1) is 14.5. The number of carbonyl (C=O) groups is 1. The van der Waals surface area contributed by atoms with Crippen LogP contribution in [0.4, 0.5) is 5.69 Å². The first-order valence-electron chi connectivity index (χ1n) is 7.92. The molecule has 24 heavy (non-hydrogen) atoms. The molecule has 0 radical (unpaired) electrons. The Morgan fingerprint density at radius 3 is 2.54 bits per heavy atom. The maximum Gasteiger partial charge on any atom is 0.259 e. The molecule has 3 aromatic rings. The number of fused-ring (bicyclic) bond motifs is 3. The number of hydrogen-bond donors (Lipinski definition) is 1. The third-order valence-corrected chi connectivity index (χ3v) is 4.41. The van der Waals surface area contributed by atoms with Gasteiger partial charge < -0.3 is 10.1 Å². The van der Waals surface area contributed by atoms with Crippen LogP contribution in [0.5, 0.6) is 5.75 Å². The highest BCUT2D eigenvalue weighted by Gasteiger charge is 2.19. The van der Waals surface area contributed by atoms with Crippen molar-refractivity contribution in [3.8, 4) is 16.9 Å². The Bertz CT molecular complexity index is 931. The monoisotopic (exact) mass is 315 g/mol. The Balaban J connectivity index is 1.64. The molecule has 4 rings (SSSR count). The van der Waals surface area contributed by atoms with E-state index in [1.165, 1.54) is 22.3 Å². The average molecular weight is 315 g/mol. The quantitative estimate of drug-likeness (QED) is 0.603. The van der Waals surface area contributed by atoms with Gasteiger partial charge in [-0.2, -0.15) is 0 Å². The predicted molar refractivity (Wildman–Crippen MR) is 95.6 cm³/mol. The highest BCUT2D eigenvalue weighted by atomic mass is 16.5. The van der Waals surface area contributed by atoms with Gasteiger partial charge in [-0.3, -0.25) is 4.79 Å². The Hall–Kier alpha value is -3.07. The van der Waals surface area contributed by atoms with E-state index in [1.54, 1.807) is 19.2 Å². The third-order valence-electron chi connectivity index (χ3n) is 4.41. The van der Waals surface area contributed by atoms with Crippen LogP contribution in [-0.2, 0) is 6.42 Å². The van der Waals surface area contributed by atoms with Crippen LogP contribution in [0.1, 0.15) is 21.5 Å². The minimum Gasteiger partial charge on any atom is -0.496 e. The summed E-state index contributed by atoms with van der Waals surface area (Å²) in [6.07, 6.45) is 0.951. The third kappa shape index (κ3) is 2.44. The molecule has 1 aliphatic carbocycles. The van der Waals surface area contributed by atoms with Gasteiger partial charge in [0.25, 0.3) is 5.91 Å². The molecule has 0 heterocycles. The SMILES string of the molecule is COc1ccccc1C(=O)Nc1ccc2c(c1)-c1ccccc1C2. The molecule has 0 bridgehead atoms. The minimum absolute atomic E-state index is 0.168. The molecular formula is C21H17NO2. The Morgan fingerprint density at radius 2 is 1.67 bits per heavy atom. The number of ether oxygens (including phenoxy) is 1. The summed E-state index contributed by atoms with van der Waals surface area (Å²) >= 11 is 0. The number of nitrogens with one attached hydrogen (secondary N) is 1. The molecule has 118 valence electrons. The van der Waals surface area contributed by atoms with Crippen molar-refractivity contribution in [3.63, 3.8) is 0 Å². The molecule has 0 unspecified atom stereocenters. The van der Waals surface area contributed by atoms with E-state index in [4.69, 9.17) is 4.74 Å². The van der Waals surface area contributed by atoms with Crippen molar-refractivity contribution in [3.05, 3.63) is 83.4 Å². The van der Waals surface area contributed by atoms with Gasteiger partial charge in [0.15, 0.2) is 0 Å². The lowest BCUT2D eigenvalue weighted by atomic mass is 10.1. The van der Waals surface area contributed by atoms with Crippen LogP contribution in [0.3, 0.4) is 0 Å². The van der Waals surface area contributed by atoms with Crippen LogP contribution >= 0.6 is 0 Å². The molecular weight excluding hydrogens is 298 g/mol. The Morgan fingerprint density at radius 1 is 0.917 bits per heavy atom. The van der Waals surface area contributed by atoms with Gasteiger partial charge >= 0.3 is 0 Å². The molecule has 3 aromatic carbocycles. The zero-order valence-electron chi connectivity index (χ0n) is 13.4. The van der Waals surface area contributed by atoms with E-state index in [0.717, 1.165) is 12.1 Å². The molecule has 0 fully saturated rings. The van der Waals surface area contributed by atoms with Crippen LogP contribution in [0, 0.1) is 0 Å². The molecule has 1 amide bonds. The lowest BCUT2D eigenvalue weighted by Crippen LogP contribution is -2.13. The molecule has 0 aromatic heterocycles. The maximum atomic E-state index is 12.5. The van der Waals surface area contributed by atoms with E-state index < -0.39 is 0 Å². The van der Waals surface area contributed by atoms with Crippen LogP contribution < -0.4 is 10.1 Å². The number of hydrogen-bond acceptors (Lipinski definition) is 2. The fourth-order valence-electron chi connectivity index (χ4n) is 3.23. The van der Waals surface area contributed by atoms with E-state index >= 15 is 0 Å². The van der Waals surface area contributed by atoms with E-state index in [2.05, 4.69) is 35.6 Å². The lowest BCUT2D eigenvalue weighted by molar-refractivity contribution is 0.102. The van der Waals surface area contributed by atoms with E-state index in [0.29, 0.717) is 11.3 Å². The molecule has 3 nitrogen and oxygen atoms in total. The van der Waals surface area contributed by atoms with E-state index in [-0.39, 0.29) is 5.91 Å². The van der Waals surface area contributed by atoms with Gasteiger partial charge in [-0.05, 0) is 52.9 Å². The van der Waals surface area contributed by atoms with Gasteiger partial charge in [-0.25, -0.2) is 0 Å². The van der Waals surface area contributed by atoms with Gasteiger partial charge in [-0.1, -0.05) is 42.5 Å². The second-order valence-electron chi connectivity index (χ2n) is 5.86. The summed E-state index contributed by atoms with van der Waals surface area (Å²) in [4.78, 5) is 12.5. The first-order chi connectivity index (χ1) is 11.8. The van der Waals surface area contributed by atoms with Crippen molar-refractivity contribution >= 4 is 11.6 Å². The van der Waals surface area contributed by atoms with E-state index in [9.17, 15) is 4.79 Å². The summed E-state index contributed by atoms with van der Waals surface area (Å²) in [7, 11) is 1.57. The summed E-state index contributed by atoms with van der Waals surface area (Å²) in [5.41, 5.74) is 6.40. The molecule has 1 aliphatic rings. The van der Waals surface area contributed by atoms with Crippen molar-refractivity contribution in [1.29, 1.82) is 0 Å². The largest absolute Gasteiger partial charge is 0.496 e. The number of anilines is 1. The van der Waals surface area contributed by atoms with Crippen LogP contribution in [0.25, 0.3) is 11.1 Å². The summed E-state index contributed by atoms with van der Waals surface area (Å²) < 4.78 is 5.26. The smallest absolute Gasteiger partial charge is 0.259 e. The molecule has 1 N–H and O–H groups in total. The lowest BCUT2D eigenvalue weighted by Gasteiger charge is -2.10. The summed E-state index contributed by atoms with van der Waals surface area (Å²) in [6.45, 7) is 0. The second kappa shape index (κ2) is 5.85. The summed E-state index contributed by atoms with van der Waals surface area (Å²) in [6, 6.07) is 21.7. The minimum atomic E-state index is -0.168. The summed E-state index contributed by atoms with van der Waals surface area (Å²) in [5, 5.41) is 2.97. The normalized spacial score (nSPS) is 11.5. The predicted octanol–water partition coefficient (Wildman–Crippen LogP) is 4.52. The van der Waals surface area contributed by atoms with Gasteiger partial charge in [-0.15, -0.1) is 0 Å². The molecule has 0 aliphatic heterocycles. The second-order valence-corrected chi connectivity index (χ2v) is 5.86. The number of benzene rings is 3. The first-order valence-corrected chi connectivity index (χ1v) is 7.92. The number of para-hydroxylation sites is 1. The number of methoxy groups -OCH3 is 1. The zero-order chi connectivity index (χ0) is 16.5. The van der Waals surface area contributed by atoms with Gasteiger partial charge in [0.05, 0.1) is 12.7 Å². The Kier molecular flexibility index (Phi) is 3.54. The molecule has 0 spiro atoms. The van der Waals surface area contributed by atoms with Crippen molar-refractivity contribution in [1.82, 2.24) is 0 Å². The van der Waals surface area contributed by atoms with Crippen molar-refractivity contribution in [2.75, 3.05) is 12.4 Å². The average Bonchev–Trinajstić information content (AvgIpc) is 2.99. The number of carbonyl (C=O) groups excluding carboxylic acids is 1. The van der Waals surface area contributed by atoms with Crippen LogP contribution in [-0.4, -0.2) is 13.0 Å². The molecule has 0 saturated heterocycles. The molecule has 0 saturated carbocycles. The molecule has 0 atom stereocenters. The van der Waals surface area contributed by atoms with Crippen LogP contribution in [0.2, 0.25) is 0 Å². The van der Waals surface area contributed by atoms with Gasteiger partial charge in [0.2, 0.25) is 0 Å². The van der Waals surface area contributed by atoms with Gasteiger partial charge in [0, 0.05) is 5.69 Å². The van der Waals surface area contributed by atoms with E-state index in [1.807, 2.05) is 24.3 Å².